The predicted molar refractivity (Wildman–Crippen MR) is 105 cm³/mol. The van der Waals surface area contributed by atoms with E-state index in [2.05, 4.69) is 0 Å². The Kier molecular flexibility index (Phi) is 8.58. The number of hydrogen-bond donors (Lipinski definition) is 0. The number of hydrogen-bond acceptors (Lipinski definition) is 4. The van der Waals surface area contributed by atoms with Gasteiger partial charge in [-0.2, -0.15) is 0 Å². The standard InChI is InChI=1S/C21H32N2O4/c1-17(2)27-16-11-21(25)23-13-4-12-22(14-15-23)20(24)10-7-18-5-8-19(26-3)9-6-18/h5-6,8-9,17H,4,7,10-16H2,1-3H3. The fourth-order valence-electron chi connectivity index (χ4n) is 3.16. The van der Waals surface area contributed by atoms with E-state index < -0.39 is 0 Å². The lowest BCUT2D eigenvalue weighted by Gasteiger charge is -2.22. The second-order valence-corrected chi connectivity index (χ2v) is 7.13. The molecule has 150 valence electrons. The lowest BCUT2D eigenvalue weighted by Crippen LogP contribution is -2.37. The van der Waals surface area contributed by atoms with Crippen LogP contribution in [0.25, 0.3) is 0 Å². The minimum Gasteiger partial charge on any atom is -0.497 e. The summed E-state index contributed by atoms with van der Waals surface area (Å²) >= 11 is 0. The highest BCUT2D eigenvalue weighted by Crippen LogP contribution is 2.14. The molecule has 1 aliphatic rings. The third kappa shape index (κ3) is 7.21. The maximum atomic E-state index is 12.5. The molecule has 2 amide bonds. The van der Waals surface area contributed by atoms with E-state index in [9.17, 15) is 9.59 Å². The third-order valence-corrected chi connectivity index (χ3v) is 4.76. The lowest BCUT2D eigenvalue weighted by atomic mass is 10.1. The maximum absolute atomic E-state index is 12.5. The molecule has 6 nitrogen and oxygen atoms in total. The second kappa shape index (κ2) is 10.9. The first-order valence-corrected chi connectivity index (χ1v) is 9.79. The Labute approximate surface area is 162 Å². The summed E-state index contributed by atoms with van der Waals surface area (Å²) in [6, 6.07) is 7.82. The minimum atomic E-state index is 0.114. The Hall–Kier alpha value is -2.08. The van der Waals surface area contributed by atoms with Gasteiger partial charge in [0.25, 0.3) is 0 Å². The van der Waals surface area contributed by atoms with Gasteiger partial charge in [0, 0.05) is 32.6 Å². The van der Waals surface area contributed by atoms with Gasteiger partial charge < -0.3 is 19.3 Å². The summed E-state index contributed by atoms with van der Waals surface area (Å²) in [5.41, 5.74) is 1.13. The average molecular weight is 376 g/mol. The van der Waals surface area contributed by atoms with Gasteiger partial charge in [-0.1, -0.05) is 12.1 Å². The van der Waals surface area contributed by atoms with Crippen LogP contribution in [0.1, 0.15) is 38.7 Å². The molecule has 1 aliphatic heterocycles. The number of methoxy groups -OCH3 is 1. The van der Waals surface area contributed by atoms with Gasteiger partial charge in [0.15, 0.2) is 0 Å². The maximum Gasteiger partial charge on any atom is 0.224 e. The van der Waals surface area contributed by atoms with Crippen LogP contribution in [0.15, 0.2) is 24.3 Å². The van der Waals surface area contributed by atoms with E-state index in [4.69, 9.17) is 9.47 Å². The molecular weight excluding hydrogens is 344 g/mol. The van der Waals surface area contributed by atoms with Crippen molar-refractivity contribution >= 4 is 11.8 Å². The minimum absolute atomic E-state index is 0.114. The smallest absolute Gasteiger partial charge is 0.224 e. The quantitative estimate of drug-likeness (QED) is 0.699. The van der Waals surface area contributed by atoms with Crippen molar-refractivity contribution in [3.05, 3.63) is 29.8 Å². The zero-order chi connectivity index (χ0) is 19.6. The molecule has 0 aliphatic carbocycles. The van der Waals surface area contributed by atoms with Gasteiger partial charge in [-0.15, -0.1) is 0 Å². The summed E-state index contributed by atoms with van der Waals surface area (Å²) < 4.78 is 10.6. The van der Waals surface area contributed by atoms with Crippen LogP contribution in [-0.2, 0) is 20.7 Å². The van der Waals surface area contributed by atoms with Crippen molar-refractivity contribution in [1.29, 1.82) is 0 Å². The van der Waals surface area contributed by atoms with Crippen LogP contribution < -0.4 is 4.74 Å². The summed E-state index contributed by atoms with van der Waals surface area (Å²) in [5.74, 6) is 1.09. The highest BCUT2D eigenvalue weighted by Gasteiger charge is 2.21. The number of nitrogens with zero attached hydrogens (tertiary/aromatic N) is 2. The van der Waals surface area contributed by atoms with Crippen molar-refractivity contribution in [3.8, 4) is 5.75 Å². The van der Waals surface area contributed by atoms with Gasteiger partial charge in [-0.05, 0) is 44.4 Å². The molecule has 0 atom stereocenters. The fraction of sp³-hybridized carbons (Fsp3) is 0.619. The first kappa shape index (κ1) is 21.2. The fourth-order valence-corrected chi connectivity index (χ4v) is 3.16. The summed E-state index contributed by atoms with van der Waals surface area (Å²) in [6.07, 6.45) is 2.58. The zero-order valence-corrected chi connectivity index (χ0v) is 16.8. The van der Waals surface area contributed by atoms with Crippen molar-refractivity contribution in [1.82, 2.24) is 9.80 Å². The molecule has 1 saturated heterocycles. The van der Waals surface area contributed by atoms with Gasteiger partial charge in [-0.3, -0.25) is 9.59 Å². The predicted octanol–water partition coefficient (Wildman–Crippen LogP) is 2.50. The normalized spacial score (nSPS) is 15.0. The largest absolute Gasteiger partial charge is 0.497 e. The molecule has 1 aromatic rings. The molecule has 0 bridgehead atoms. The van der Waals surface area contributed by atoms with Crippen molar-refractivity contribution < 1.29 is 19.1 Å². The Balaban J connectivity index is 1.75. The summed E-state index contributed by atoms with van der Waals surface area (Å²) in [6.45, 7) is 7.03. The van der Waals surface area contributed by atoms with Crippen LogP contribution in [-0.4, -0.2) is 67.6 Å². The molecule has 0 aromatic heterocycles. The van der Waals surface area contributed by atoms with Crippen LogP contribution in [0.5, 0.6) is 5.75 Å². The van der Waals surface area contributed by atoms with E-state index in [-0.39, 0.29) is 17.9 Å². The molecular formula is C21H32N2O4. The lowest BCUT2D eigenvalue weighted by molar-refractivity contribution is -0.134. The molecule has 0 N–H and O–H groups in total. The number of carbonyl (C=O) groups is 2. The number of amides is 2. The summed E-state index contributed by atoms with van der Waals surface area (Å²) in [7, 11) is 1.64. The SMILES string of the molecule is COc1ccc(CCC(=O)N2CCCN(C(=O)CCOC(C)C)CC2)cc1. The number of carbonyl (C=O) groups excluding carboxylic acids is 2. The molecule has 0 spiro atoms. The summed E-state index contributed by atoms with van der Waals surface area (Å²) in [4.78, 5) is 28.6. The molecule has 2 rings (SSSR count). The van der Waals surface area contributed by atoms with Crippen molar-refractivity contribution in [2.75, 3.05) is 39.9 Å². The van der Waals surface area contributed by atoms with E-state index in [1.807, 2.05) is 47.9 Å². The van der Waals surface area contributed by atoms with E-state index in [0.717, 1.165) is 17.7 Å². The molecule has 0 saturated carbocycles. The number of rotatable bonds is 8. The monoisotopic (exact) mass is 376 g/mol. The topological polar surface area (TPSA) is 59.1 Å². The number of ether oxygens (including phenoxy) is 2. The summed E-state index contributed by atoms with van der Waals surface area (Å²) in [5, 5.41) is 0. The van der Waals surface area contributed by atoms with Crippen LogP contribution in [0.4, 0.5) is 0 Å². The highest BCUT2D eigenvalue weighted by molar-refractivity contribution is 5.78. The Morgan fingerprint density at radius 2 is 1.56 bits per heavy atom. The first-order chi connectivity index (χ1) is 13.0. The van der Waals surface area contributed by atoms with Gasteiger partial charge >= 0.3 is 0 Å². The van der Waals surface area contributed by atoms with E-state index in [1.165, 1.54) is 0 Å². The molecule has 27 heavy (non-hydrogen) atoms. The van der Waals surface area contributed by atoms with Crippen LogP contribution in [0, 0.1) is 0 Å². The zero-order valence-electron chi connectivity index (χ0n) is 16.8. The molecule has 1 fully saturated rings. The number of aryl methyl sites for hydroxylation is 1. The Morgan fingerprint density at radius 1 is 0.963 bits per heavy atom. The molecule has 0 unspecified atom stereocenters. The van der Waals surface area contributed by atoms with E-state index >= 15 is 0 Å². The van der Waals surface area contributed by atoms with E-state index in [1.54, 1.807) is 7.11 Å². The second-order valence-electron chi connectivity index (χ2n) is 7.13. The van der Waals surface area contributed by atoms with E-state index in [0.29, 0.717) is 52.0 Å². The van der Waals surface area contributed by atoms with Gasteiger partial charge in [0.1, 0.15) is 5.75 Å². The Morgan fingerprint density at radius 3 is 2.11 bits per heavy atom. The van der Waals surface area contributed by atoms with Crippen LogP contribution >= 0.6 is 0 Å². The molecule has 1 aromatic carbocycles. The van der Waals surface area contributed by atoms with Crippen molar-refractivity contribution in [3.63, 3.8) is 0 Å². The van der Waals surface area contributed by atoms with Gasteiger partial charge in [-0.25, -0.2) is 0 Å². The molecule has 0 radical (unpaired) electrons. The Bertz CT molecular complexity index is 601. The number of benzene rings is 1. The molecule has 1 heterocycles. The third-order valence-electron chi connectivity index (χ3n) is 4.76. The van der Waals surface area contributed by atoms with Gasteiger partial charge in [0.2, 0.25) is 11.8 Å². The van der Waals surface area contributed by atoms with Gasteiger partial charge in [0.05, 0.1) is 26.2 Å². The first-order valence-electron chi connectivity index (χ1n) is 9.79. The highest BCUT2D eigenvalue weighted by atomic mass is 16.5. The molecule has 6 heteroatoms. The van der Waals surface area contributed by atoms with Crippen molar-refractivity contribution in [2.45, 2.75) is 45.6 Å². The van der Waals surface area contributed by atoms with Crippen molar-refractivity contribution in [2.24, 2.45) is 0 Å². The average Bonchev–Trinajstić information content (AvgIpc) is 2.92. The van der Waals surface area contributed by atoms with Crippen LogP contribution in [0.2, 0.25) is 0 Å². The van der Waals surface area contributed by atoms with Crippen LogP contribution in [0.3, 0.4) is 0 Å².